The van der Waals surface area contributed by atoms with Crippen LogP contribution in [0.4, 0.5) is 0 Å². The number of nitrogens with zero attached hydrogens (tertiary/aromatic N) is 1. The van der Waals surface area contributed by atoms with Crippen molar-refractivity contribution in [1.82, 2.24) is 9.62 Å². The molecule has 2 aromatic carbocycles. The van der Waals surface area contributed by atoms with Crippen LogP contribution in [0.15, 0.2) is 47.4 Å². The van der Waals surface area contributed by atoms with Gasteiger partial charge in [0.2, 0.25) is 5.91 Å². The lowest BCUT2D eigenvalue weighted by Crippen LogP contribution is -2.68. The number of halogens is 3. The molecule has 0 radical (unpaired) electrons. The fourth-order valence-corrected chi connectivity index (χ4v) is 5.14. The zero-order valence-corrected chi connectivity index (χ0v) is 18.4. The Morgan fingerprint density at radius 3 is 2.38 bits per heavy atom. The largest absolute Gasteiger partial charge is 0.328 e. The van der Waals surface area contributed by atoms with Gasteiger partial charge in [0.05, 0.1) is 11.4 Å². The van der Waals surface area contributed by atoms with E-state index >= 15 is 0 Å². The van der Waals surface area contributed by atoms with Gasteiger partial charge >= 0.3 is 0 Å². The highest BCUT2D eigenvalue weighted by Gasteiger charge is 2.50. The maximum Gasteiger partial charge on any atom is 0.265 e. The van der Waals surface area contributed by atoms with Crippen LogP contribution >= 0.6 is 34.8 Å². The Morgan fingerprint density at radius 2 is 1.79 bits per heavy atom. The van der Waals surface area contributed by atoms with Crippen LogP contribution in [-0.4, -0.2) is 37.2 Å². The summed E-state index contributed by atoms with van der Waals surface area (Å²) in [6.07, 6.45) is 0.299. The molecule has 1 heterocycles. The minimum absolute atomic E-state index is 0.00289. The SMILES string of the molecule is CC1(C(=O)NS(=O)(=O)c2ccccc2Cl)CCN1C(=O)Cc1ccc(Cl)cc1Cl. The van der Waals surface area contributed by atoms with Crippen molar-refractivity contribution in [3.63, 3.8) is 0 Å². The standard InChI is InChI=1S/C19H17Cl3N2O4S/c1-19(18(26)23-29(27,28)16-5-3-2-4-14(16)21)8-9-24(19)17(25)10-12-6-7-13(20)11-15(12)22/h2-7,11H,8-10H2,1H3,(H,23,26). The highest BCUT2D eigenvalue weighted by atomic mass is 35.5. The first-order chi connectivity index (χ1) is 13.5. The normalized spacial score (nSPS) is 18.8. The summed E-state index contributed by atoms with van der Waals surface area (Å²) < 4.78 is 27.1. The lowest BCUT2D eigenvalue weighted by Gasteiger charge is -2.49. The van der Waals surface area contributed by atoms with E-state index in [0.29, 0.717) is 28.6 Å². The van der Waals surface area contributed by atoms with Crippen LogP contribution in [0.5, 0.6) is 0 Å². The van der Waals surface area contributed by atoms with E-state index in [9.17, 15) is 18.0 Å². The molecule has 1 unspecified atom stereocenters. The van der Waals surface area contributed by atoms with Gasteiger partial charge in [-0.05, 0) is 43.2 Å². The first-order valence-corrected chi connectivity index (χ1v) is 11.2. The second-order valence-corrected chi connectivity index (χ2v) is 9.75. The van der Waals surface area contributed by atoms with Gasteiger partial charge < -0.3 is 4.90 Å². The lowest BCUT2D eigenvalue weighted by atomic mass is 9.85. The van der Waals surface area contributed by atoms with Crippen molar-refractivity contribution in [1.29, 1.82) is 0 Å². The van der Waals surface area contributed by atoms with Crippen molar-refractivity contribution >= 4 is 56.6 Å². The summed E-state index contributed by atoms with van der Waals surface area (Å²) in [5.74, 6) is -1.13. The Morgan fingerprint density at radius 1 is 1.10 bits per heavy atom. The highest BCUT2D eigenvalue weighted by Crippen LogP contribution is 2.33. The Balaban J connectivity index is 1.75. The number of benzene rings is 2. The number of likely N-dealkylation sites (tertiary alicyclic amines) is 1. The van der Waals surface area contributed by atoms with Crippen molar-refractivity contribution in [2.45, 2.75) is 30.2 Å². The molecule has 0 spiro atoms. The maximum absolute atomic E-state index is 12.8. The van der Waals surface area contributed by atoms with Gasteiger partial charge in [-0.2, -0.15) is 0 Å². The number of hydrogen-bond acceptors (Lipinski definition) is 4. The number of hydrogen-bond donors (Lipinski definition) is 1. The zero-order chi connectivity index (χ0) is 21.4. The summed E-state index contributed by atoms with van der Waals surface area (Å²) in [4.78, 5) is 26.6. The first-order valence-electron chi connectivity index (χ1n) is 8.61. The quantitative estimate of drug-likeness (QED) is 0.715. The molecule has 1 aliphatic heterocycles. The fraction of sp³-hybridized carbons (Fsp3) is 0.263. The molecule has 6 nitrogen and oxygen atoms in total. The van der Waals surface area contributed by atoms with Crippen molar-refractivity contribution in [3.8, 4) is 0 Å². The van der Waals surface area contributed by atoms with Gasteiger partial charge in [0.1, 0.15) is 10.4 Å². The topological polar surface area (TPSA) is 83.6 Å². The molecule has 0 bridgehead atoms. The van der Waals surface area contributed by atoms with E-state index < -0.39 is 21.5 Å². The number of rotatable bonds is 5. The first kappa shape index (κ1) is 21.9. The van der Waals surface area contributed by atoms with Gasteiger partial charge in [-0.25, -0.2) is 13.1 Å². The number of carbonyl (C=O) groups excluding carboxylic acids is 2. The van der Waals surface area contributed by atoms with E-state index in [4.69, 9.17) is 34.8 Å². The lowest BCUT2D eigenvalue weighted by molar-refractivity contribution is -0.156. The van der Waals surface area contributed by atoms with Gasteiger partial charge in [0.25, 0.3) is 15.9 Å². The van der Waals surface area contributed by atoms with Gasteiger partial charge in [0.15, 0.2) is 0 Å². The summed E-state index contributed by atoms with van der Waals surface area (Å²) in [5, 5.41) is 0.792. The number of sulfonamides is 1. The van der Waals surface area contributed by atoms with Crippen molar-refractivity contribution in [2.75, 3.05) is 6.54 Å². The minimum Gasteiger partial charge on any atom is -0.328 e. The zero-order valence-electron chi connectivity index (χ0n) is 15.3. The summed E-state index contributed by atoms with van der Waals surface area (Å²) in [6.45, 7) is 1.86. The molecular weight excluding hydrogens is 459 g/mol. The van der Waals surface area contributed by atoms with Crippen LogP contribution in [0.3, 0.4) is 0 Å². The van der Waals surface area contributed by atoms with Gasteiger partial charge in [-0.15, -0.1) is 0 Å². The molecule has 1 N–H and O–H groups in total. The molecule has 10 heteroatoms. The van der Waals surface area contributed by atoms with Crippen LogP contribution in [0.1, 0.15) is 18.9 Å². The molecule has 154 valence electrons. The Bertz CT molecular complexity index is 1090. The third-order valence-electron chi connectivity index (χ3n) is 4.92. The molecule has 1 atom stereocenters. The predicted octanol–water partition coefficient (Wildman–Crippen LogP) is 3.69. The second kappa shape index (κ2) is 8.14. The molecule has 1 saturated heterocycles. The van der Waals surface area contributed by atoms with Crippen molar-refractivity contribution in [2.24, 2.45) is 0 Å². The summed E-state index contributed by atoms with van der Waals surface area (Å²) >= 11 is 17.9. The number of amides is 2. The van der Waals surface area contributed by atoms with Crippen LogP contribution in [-0.2, 0) is 26.0 Å². The molecular formula is C19H17Cl3N2O4S. The maximum atomic E-state index is 12.8. The molecule has 0 aromatic heterocycles. The van der Waals surface area contributed by atoms with E-state index in [0.717, 1.165) is 0 Å². The molecule has 2 aromatic rings. The Hall–Kier alpha value is -1.80. The Labute approximate surface area is 183 Å². The summed E-state index contributed by atoms with van der Waals surface area (Å²) in [5.41, 5.74) is -0.718. The molecule has 0 saturated carbocycles. The van der Waals surface area contributed by atoms with Gasteiger partial charge in [-0.1, -0.05) is 53.0 Å². The van der Waals surface area contributed by atoms with E-state index in [1.165, 1.54) is 36.1 Å². The minimum atomic E-state index is -4.17. The van der Waals surface area contributed by atoms with Crippen molar-refractivity contribution in [3.05, 3.63) is 63.1 Å². The van der Waals surface area contributed by atoms with E-state index in [-0.39, 0.29) is 22.2 Å². The molecule has 1 fully saturated rings. The average Bonchev–Trinajstić information content (AvgIpc) is 2.62. The monoisotopic (exact) mass is 474 g/mol. The van der Waals surface area contributed by atoms with E-state index in [1.807, 2.05) is 4.72 Å². The summed E-state index contributed by atoms with van der Waals surface area (Å²) in [7, 11) is -4.17. The second-order valence-electron chi connectivity index (χ2n) is 6.85. The highest BCUT2D eigenvalue weighted by molar-refractivity contribution is 7.90. The number of carbonyl (C=O) groups is 2. The van der Waals surface area contributed by atoms with Crippen LogP contribution in [0.25, 0.3) is 0 Å². The molecule has 29 heavy (non-hydrogen) atoms. The van der Waals surface area contributed by atoms with Crippen LogP contribution in [0, 0.1) is 0 Å². The fourth-order valence-electron chi connectivity index (χ4n) is 3.07. The smallest absolute Gasteiger partial charge is 0.265 e. The van der Waals surface area contributed by atoms with Crippen molar-refractivity contribution < 1.29 is 18.0 Å². The molecule has 1 aliphatic rings. The average molecular weight is 476 g/mol. The predicted molar refractivity (Wildman–Crippen MR) is 112 cm³/mol. The van der Waals surface area contributed by atoms with Crippen LogP contribution < -0.4 is 4.72 Å². The van der Waals surface area contributed by atoms with E-state index in [1.54, 1.807) is 18.2 Å². The van der Waals surface area contributed by atoms with Gasteiger partial charge in [-0.3, -0.25) is 9.59 Å². The molecule has 0 aliphatic carbocycles. The van der Waals surface area contributed by atoms with E-state index in [2.05, 4.69) is 0 Å². The third-order valence-corrected chi connectivity index (χ3v) is 7.34. The molecule has 2 amide bonds. The Kier molecular flexibility index (Phi) is 6.15. The molecule has 3 rings (SSSR count). The third kappa shape index (κ3) is 4.38. The van der Waals surface area contributed by atoms with Crippen LogP contribution in [0.2, 0.25) is 15.1 Å². The summed E-state index contributed by atoms with van der Waals surface area (Å²) in [6, 6.07) is 10.6. The van der Waals surface area contributed by atoms with Gasteiger partial charge in [0, 0.05) is 16.6 Å². The number of nitrogens with one attached hydrogen (secondary N) is 1.